The molecular formula is C27H24FN5O. The molecule has 0 bridgehead atoms. The lowest BCUT2D eigenvalue weighted by Gasteiger charge is -2.20. The van der Waals surface area contributed by atoms with Crippen LogP contribution in [0.4, 0.5) is 15.9 Å². The number of imidazole rings is 1. The van der Waals surface area contributed by atoms with Gasteiger partial charge in [-0.25, -0.2) is 14.4 Å². The SMILES string of the molecule is CCOc1ccc(F)c(C(Nc2ccc3c(N)nccc3c2)c2ncc(-c3ccccc3)[nH]2)c1. The van der Waals surface area contributed by atoms with Gasteiger partial charge in [0.15, 0.2) is 0 Å². The van der Waals surface area contributed by atoms with Crippen LogP contribution in [0.15, 0.2) is 85.2 Å². The zero-order chi connectivity index (χ0) is 23.5. The van der Waals surface area contributed by atoms with Crippen molar-refractivity contribution in [3.63, 3.8) is 0 Å². The average Bonchev–Trinajstić information content (AvgIpc) is 3.35. The molecular weight excluding hydrogens is 429 g/mol. The molecule has 4 N–H and O–H groups in total. The monoisotopic (exact) mass is 453 g/mol. The molecule has 0 aliphatic carbocycles. The van der Waals surface area contributed by atoms with Crippen LogP contribution in [0.2, 0.25) is 0 Å². The number of hydrogen-bond acceptors (Lipinski definition) is 5. The van der Waals surface area contributed by atoms with E-state index in [1.807, 2.05) is 61.5 Å². The molecule has 0 amide bonds. The Morgan fingerprint density at radius 3 is 2.71 bits per heavy atom. The molecule has 170 valence electrons. The highest BCUT2D eigenvalue weighted by atomic mass is 19.1. The molecule has 0 saturated carbocycles. The predicted octanol–water partition coefficient (Wildman–Crippen LogP) is 5.95. The first kappa shape index (κ1) is 21.5. The van der Waals surface area contributed by atoms with Crippen LogP contribution in [0.1, 0.15) is 24.4 Å². The molecule has 7 heteroatoms. The minimum atomic E-state index is -0.588. The van der Waals surface area contributed by atoms with Crippen molar-refractivity contribution in [1.82, 2.24) is 15.0 Å². The molecule has 3 aromatic carbocycles. The van der Waals surface area contributed by atoms with Crippen molar-refractivity contribution >= 4 is 22.3 Å². The summed E-state index contributed by atoms with van der Waals surface area (Å²) in [6.45, 7) is 2.38. The van der Waals surface area contributed by atoms with Crippen LogP contribution in [-0.2, 0) is 0 Å². The molecule has 2 heterocycles. The predicted molar refractivity (Wildman–Crippen MR) is 133 cm³/mol. The van der Waals surface area contributed by atoms with Crippen molar-refractivity contribution in [3.05, 3.63) is 102 Å². The Bertz CT molecular complexity index is 1430. The maximum atomic E-state index is 15.1. The standard InChI is InChI=1S/C27H24FN5O/c1-2-34-20-9-11-23(28)22(15-20)25(27-31-16-24(33-27)17-6-4-3-5-7-17)32-19-8-10-21-18(14-19)12-13-30-26(21)29/h3-16,25,32H,2H2,1H3,(H2,29,30)(H,31,33). The number of nitrogen functional groups attached to an aromatic ring is 1. The zero-order valence-corrected chi connectivity index (χ0v) is 18.6. The van der Waals surface area contributed by atoms with E-state index < -0.39 is 6.04 Å². The first-order valence-corrected chi connectivity index (χ1v) is 11.1. The van der Waals surface area contributed by atoms with Crippen LogP contribution >= 0.6 is 0 Å². The van der Waals surface area contributed by atoms with E-state index in [2.05, 4.69) is 20.3 Å². The summed E-state index contributed by atoms with van der Waals surface area (Å²) in [5.74, 6) is 1.29. The maximum Gasteiger partial charge on any atom is 0.133 e. The first-order valence-electron chi connectivity index (χ1n) is 11.1. The van der Waals surface area contributed by atoms with Crippen molar-refractivity contribution < 1.29 is 9.13 Å². The topological polar surface area (TPSA) is 88.8 Å². The van der Waals surface area contributed by atoms with Gasteiger partial charge >= 0.3 is 0 Å². The summed E-state index contributed by atoms with van der Waals surface area (Å²) in [4.78, 5) is 12.1. The summed E-state index contributed by atoms with van der Waals surface area (Å²) in [6.07, 6.45) is 3.43. The number of aromatic nitrogens is 3. The van der Waals surface area contributed by atoms with Gasteiger partial charge in [-0.1, -0.05) is 30.3 Å². The van der Waals surface area contributed by atoms with Crippen LogP contribution < -0.4 is 15.8 Å². The normalized spacial score (nSPS) is 11.9. The summed E-state index contributed by atoms with van der Waals surface area (Å²) < 4.78 is 20.8. The van der Waals surface area contributed by atoms with Gasteiger partial charge in [0.2, 0.25) is 0 Å². The minimum absolute atomic E-state index is 0.354. The molecule has 2 aromatic heterocycles. The van der Waals surface area contributed by atoms with Gasteiger partial charge in [0.25, 0.3) is 0 Å². The van der Waals surface area contributed by atoms with Crippen LogP contribution in [0, 0.1) is 5.82 Å². The highest BCUT2D eigenvalue weighted by Crippen LogP contribution is 2.32. The minimum Gasteiger partial charge on any atom is -0.494 e. The quantitative estimate of drug-likeness (QED) is 0.284. The lowest BCUT2D eigenvalue weighted by molar-refractivity contribution is 0.339. The number of pyridine rings is 1. The molecule has 1 unspecified atom stereocenters. The number of halogens is 1. The summed E-state index contributed by atoms with van der Waals surface area (Å²) in [6, 6.07) is 21.7. The number of hydrogen-bond donors (Lipinski definition) is 3. The number of nitrogens with one attached hydrogen (secondary N) is 2. The van der Waals surface area contributed by atoms with Crippen LogP contribution in [-0.4, -0.2) is 21.6 Å². The second-order valence-electron chi connectivity index (χ2n) is 7.87. The van der Waals surface area contributed by atoms with Crippen LogP contribution in [0.3, 0.4) is 0 Å². The van der Waals surface area contributed by atoms with Crippen molar-refractivity contribution in [2.24, 2.45) is 0 Å². The van der Waals surface area contributed by atoms with Gasteiger partial charge in [-0.3, -0.25) is 0 Å². The summed E-state index contributed by atoms with van der Waals surface area (Å²) >= 11 is 0. The maximum absolute atomic E-state index is 15.1. The zero-order valence-electron chi connectivity index (χ0n) is 18.6. The Morgan fingerprint density at radius 2 is 1.88 bits per heavy atom. The van der Waals surface area contributed by atoms with E-state index in [1.54, 1.807) is 24.5 Å². The first-order chi connectivity index (χ1) is 16.6. The average molecular weight is 454 g/mol. The van der Waals surface area contributed by atoms with E-state index in [1.165, 1.54) is 6.07 Å². The third-order valence-corrected chi connectivity index (χ3v) is 5.65. The molecule has 5 rings (SSSR count). The lowest BCUT2D eigenvalue weighted by atomic mass is 10.0. The van der Waals surface area contributed by atoms with E-state index in [0.717, 1.165) is 27.7 Å². The van der Waals surface area contributed by atoms with Gasteiger partial charge in [0.05, 0.1) is 18.5 Å². The molecule has 1 atom stereocenters. The number of nitrogens with two attached hydrogens (primary N) is 1. The fourth-order valence-electron chi connectivity index (χ4n) is 4.00. The molecule has 0 radical (unpaired) electrons. The fraction of sp³-hybridized carbons (Fsp3) is 0.111. The molecule has 0 aliphatic rings. The molecule has 0 spiro atoms. The molecule has 0 saturated heterocycles. The highest BCUT2D eigenvalue weighted by molar-refractivity contribution is 5.92. The van der Waals surface area contributed by atoms with Crippen LogP contribution in [0.25, 0.3) is 22.0 Å². The number of nitrogens with zero attached hydrogens (tertiary/aromatic N) is 2. The number of rotatable bonds is 7. The highest BCUT2D eigenvalue weighted by Gasteiger charge is 2.22. The second kappa shape index (κ2) is 9.23. The molecule has 34 heavy (non-hydrogen) atoms. The van der Waals surface area contributed by atoms with Crippen molar-refractivity contribution in [2.45, 2.75) is 13.0 Å². The Kier molecular flexibility index (Phi) is 5.82. The Labute approximate surface area is 196 Å². The molecule has 6 nitrogen and oxygen atoms in total. The van der Waals surface area contributed by atoms with Gasteiger partial charge in [0.1, 0.15) is 29.3 Å². The van der Waals surface area contributed by atoms with E-state index in [9.17, 15) is 0 Å². The summed E-state index contributed by atoms with van der Waals surface area (Å²) in [7, 11) is 0. The Hall–Kier alpha value is -4.39. The largest absolute Gasteiger partial charge is 0.494 e. The van der Waals surface area contributed by atoms with E-state index in [0.29, 0.717) is 29.6 Å². The Morgan fingerprint density at radius 1 is 1.03 bits per heavy atom. The number of anilines is 2. The van der Waals surface area contributed by atoms with Crippen molar-refractivity contribution in [3.8, 4) is 17.0 Å². The van der Waals surface area contributed by atoms with E-state index >= 15 is 4.39 Å². The molecule has 0 aliphatic heterocycles. The number of benzene rings is 3. The van der Waals surface area contributed by atoms with E-state index in [-0.39, 0.29) is 5.82 Å². The smallest absolute Gasteiger partial charge is 0.133 e. The Balaban J connectivity index is 1.58. The van der Waals surface area contributed by atoms with Gasteiger partial charge in [-0.2, -0.15) is 0 Å². The van der Waals surface area contributed by atoms with E-state index in [4.69, 9.17) is 10.5 Å². The number of aromatic amines is 1. The number of fused-ring (bicyclic) bond motifs is 1. The van der Waals surface area contributed by atoms with Gasteiger partial charge in [-0.15, -0.1) is 0 Å². The van der Waals surface area contributed by atoms with Crippen molar-refractivity contribution in [2.75, 3.05) is 17.7 Å². The number of H-pyrrole nitrogens is 1. The fourth-order valence-corrected chi connectivity index (χ4v) is 4.00. The van der Waals surface area contributed by atoms with Gasteiger partial charge in [0, 0.05) is 22.8 Å². The second-order valence-corrected chi connectivity index (χ2v) is 7.87. The summed E-state index contributed by atoms with van der Waals surface area (Å²) in [5.41, 5.74) is 9.07. The third-order valence-electron chi connectivity index (χ3n) is 5.65. The van der Waals surface area contributed by atoms with Gasteiger partial charge in [-0.05, 0) is 60.3 Å². The number of ether oxygens (including phenoxy) is 1. The van der Waals surface area contributed by atoms with Gasteiger partial charge < -0.3 is 20.8 Å². The third kappa shape index (κ3) is 4.28. The lowest BCUT2D eigenvalue weighted by Crippen LogP contribution is -2.16. The summed E-state index contributed by atoms with van der Waals surface area (Å²) in [5, 5.41) is 5.24. The van der Waals surface area contributed by atoms with Crippen LogP contribution in [0.5, 0.6) is 5.75 Å². The molecule has 0 fully saturated rings. The van der Waals surface area contributed by atoms with Crippen molar-refractivity contribution in [1.29, 1.82) is 0 Å². The molecule has 5 aromatic rings.